The molecule has 0 spiro atoms. The van der Waals surface area contributed by atoms with Crippen molar-refractivity contribution in [2.24, 2.45) is 0 Å². The highest BCUT2D eigenvalue weighted by molar-refractivity contribution is 5.36. The van der Waals surface area contributed by atoms with Crippen LogP contribution in [0.3, 0.4) is 0 Å². The summed E-state index contributed by atoms with van der Waals surface area (Å²) in [4.78, 5) is 0. The molecule has 0 saturated carbocycles. The number of hydrogen-bond donors (Lipinski definition) is 1. The van der Waals surface area contributed by atoms with E-state index in [1.165, 1.54) is 24.3 Å². The molecule has 0 radical (unpaired) electrons. The third-order valence-corrected chi connectivity index (χ3v) is 4.78. The van der Waals surface area contributed by atoms with Gasteiger partial charge in [0.25, 0.3) is 0 Å². The van der Waals surface area contributed by atoms with Gasteiger partial charge in [0, 0.05) is 12.5 Å². The maximum Gasteiger partial charge on any atom is 0.123 e. The molecule has 0 bridgehead atoms. The molecule has 1 N–H and O–H groups in total. The van der Waals surface area contributed by atoms with Crippen molar-refractivity contribution in [3.05, 3.63) is 101 Å². The normalized spacial score (nSPS) is 12.2. The molecule has 0 aliphatic carbocycles. The third-order valence-electron chi connectivity index (χ3n) is 4.78. The van der Waals surface area contributed by atoms with Crippen LogP contribution in [-0.4, -0.2) is 12.6 Å². The molecule has 152 valence electrons. The first-order chi connectivity index (χ1) is 14.0. The van der Waals surface area contributed by atoms with E-state index in [9.17, 15) is 8.78 Å². The van der Waals surface area contributed by atoms with Crippen LogP contribution in [0.4, 0.5) is 8.78 Å². The lowest BCUT2D eigenvalue weighted by atomic mass is 9.88. The van der Waals surface area contributed by atoms with Gasteiger partial charge in [-0.25, -0.2) is 8.78 Å². The summed E-state index contributed by atoms with van der Waals surface area (Å²) >= 11 is 0. The average molecular weight is 395 g/mol. The van der Waals surface area contributed by atoms with Crippen molar-refractivity contribution in [3.8, 4) is 5.75 Å². The Morgan fingerprint density at radius 1 is 0.759 bits per heavy atom. The van der Waals surface area contributed by atoms with Crippen LogP contribution in [0.15, 0.2) is 72.8 Å². The number of nitrogens with one attached hydrogen (secondary N) is 1. The summed E-state index contributed by atoms with van der Waals surface area (Å²) in [7, 11) is 0. The Hall–Kier alpha value is -2.72. The summed E-state index contributed by atoms with van der Waals surface area (Å²) < 4.78 is 32.2. The number of benzene rings is 3. The van der Waals surface area contributed by atoms with Gasteiger partial charge < -0.3 is 10.1 Å². The smallest absolute Gasteiger partial charge is 0.123 e. The first-order valence-corrected chi connectivity index (χ1v) is 9.98. The number of ether oxygens (including phenoxy) is 1. The predicted octanol–water partition coefficient (Wildman–Crippen LogP) is 6.06. The maximum absolute atomic E-state index is 13.4. The Morgan fingerprint density at radius 2 is 1.28 bits per heavy atom. The van der Waals surface area contributed by atoms with E-state index < -0.39 is 0 Å². The predicted molar refractivity (Wildman–Crippen MR) is 113 cm³/mol. The van der Waals surface area contributed by atoms with Gasteiger partial charge >= 0.3 is 0 Å². The van der Waals surface area contributed by atoms with E-state index in [0.29, 0.717) is 6.54 Å². The summed E-state index contributed by atoms with van der Waals surface area (Å²) in [5.74, 6) is 0.526. The van der Waals surface area contributed by atoms with Gasteiger partial charge in [-0.05, 0) is 79.9 Å². The Balaban J connectivity index is 1.67. The molecular weight excluding hydrogens is 368 g/mol. The Morgan fingerprint density at radius 3 is 1.83 bits per heavy atom. The maximum atomic E-state index is 13.4. The SMILES string of the molecule is CC(C)Oc1ccc([C@H](CCNCc2ccc(F)cc2)c2ccc(F)cc2)cc1. The minimum atomic E-state index is -0.234. The minimum absolute atomic E-state index is 0.129. The third kappa shape index (κ3) is 6.40. The molecule has 3 rings (SSSR count). The fourth-order valence-corrected chi connectivity index (χ4v) is 3.35. The lowest BCUT2D eigenvalue weighted by molar-refractivity contribution is 0.242. The molecule has 0 fully saturated rings. The zero-order valence-electron chi connectivity index (χ0n) is 16.9. The van der Waals surface area contributed by atoms with E-state index in [1.54, 1.807) is 12.1 Å². The van der Waals surface area contributed by atoms with E-state index in [1.807, 2.05) is 38.1 Å². The Kier molecular flexibility index (Phi) is 7.36. The fourth-order valence-electron chi connectivity index (χ4n) is 3.35. The van der Waals surface area contributed by atoms with Crippen LogP contribution in [0.5, 0.6) is 5.75 Å². The summed E-state index contributed by atoms with van der Waals surface area (Å²) in [5, 5.41) is 3.42. The molecule has 0 saturated heterocycles. The first-order valence-electron chi connectivity index (χ1n) is 9.98. The highest BCUT2D eigenvalue weighted by Crippen LogP contribution is 2.29. The largest absolute Gasteiger partial charge is 0.491 e. The molecule has 3 aromatic rings. The number of rotatable bonds is 9. The van der Waals surface area contributed by atoms with Gasteiger partial charge in [-0.15, -0.1) is 0 Å². The van der Waals surface area contributed by atoms with E-state index in [0.717, 1.165) is 35.4 Å². The van der Waals surface area contributed by atoms with Crippen molar-refractivity contribution in [1.29, 1.82) is 0 Å². The monoisotopic (exact) mass is 395 g/mol. The second kappa shape index (κ2) is 10.2. The molecule has 3 aromatic carbocycles. The van der Waals surface area contributed by atoms with Gasteiger partial charge in [-0.3, -0.25) is 0 Å². The second-order valence-electron chi connectivity index (χ2n) is 7.43. The van der Waals surface area contributed by atoms with Crippen molar-refractivity contribution in [2.75, 3.05) is 6.54 Å². The van der Waals surface area contributed by atoms with Crippen LogP contribution in [0.25, 0.3) is 0 Å². The number of hydrogen-bond acceptors (Lipinski definition) is 2. The standard InChI is InChI=1S/C25H27F2NO/c1-18(2)29-24-13-7-21(8-14-24)25(20-5-11-23(27)12-6-20)15-16-28-17-19-3-9-22(26)10-4-19/h3-14,18,25,28H,15-17H2,1-2H3/t25-/m1/s1. The van der Waals surface area contributed by atoms with Crippen LogP contribution < -0.4 is 10.1 Å². The van der Waals surface area contributed by atoms with Gasteiger partial charge in [0.2, 0.25) is 0 Å². The lowest BCUT2D eigenvalue weighted by Crippen LogP contribution is -2.18. The quantitative estimate of drug-likeness (QED) is 0.445. The van der Waals surface area contributed by atoms with Gasteiger partial charge in [0.15, 0.2) is 0 Å². The van der Waals surface area contributed by atoms with Crippen LogP contribution in [0.1, 0.15) is 42.9 Å². The van der Waals surface area contributed by atoms with Crippen molar-refractivity contribution >= 4 is 0 Å². The van der Waals surface area contributed by atoms with Crippen molar-refractivity contribution in [1.82, 2.24) is 5.32 Å². The lowest BCUT2D eigenvalue weighted by Gasteiger charge is -2.19. The van der Waals surface area contributed by atoms with E-state index in [2.05, 4.69) is 17.4 Å². The second-order valence-corrected chi connectivity index (χ2v) is 7.43. The molecule has 1 atom stereocenters. The fraction of sp³-hybridized carbons (Fsp3) is 0.280. The summed E-state index contributed by atoms with van der Waals surface area (Å²) in [6.45, 7) is 5.46. The number of halogens is 2. The zero-order chi connectivity index (χ0) is 20.6. The molecule has 0 aliphatic heterocycles. The van der Waals surface area contributed by atoms with Crippen molar-refractivity contribution in [2.45, 2.75) is 38.8 Å². The first kappa shape index (κ1) is 21.0. The molecule has 0 aromatic heterocycles. The van der Waals surface area contributed by atoms with E-state index in [4.69, 9.17) is 4.74 Å². The molecule has 0 amide bonds. The summed E-state index contributed by atoms with van der Waals surface area (Å²) in [5.41, 5.74) is 3.28. The Bertz CT molecular complexity index is 874. The zero-order valence-corrected chi connectivity index (χ0v) is 16.9. The summed E-state index contributed by atoms with van der Waals surface area (Å²) in [6, 6.07) is 21.3. The van der Waals surface area contributed by atoms with Gasteiger partial charge in [-0.1, -0.05) is 36.4 Å². The van der Waals surface area contributed by atoms with Crippen LogP contribution in [0.2, 0.25) is 0 Å². The topological polar surface area (TPSA) is 21.3 Å². The highest BCUT2D eigenvalue weighted by atomic mass is 19.1. The van der Waals surface area contributed by atoms with E-state index in [-0.39, 0.29) is 23.7 Å². The van der Waals surface area contributed by atoms with Gasteiger partial charge in [0.1, 0.15) is 17.4 Å². The molecule has 2 nitrogen and oxygen atoms in total. The molecule has 0 unspecified atom stereocenters. The Labute approximate surface area is 171 Å². The minimum Gasteiger partial charge on any atom is -0.491 e. The van der Waals surface area contributed by atoms with E-state index >= 15 is 0 Å². The molecule has 0 heterocycles. The van der Waals surface area contributed by atoms with Crippen molar-refractivity contribution in [3.63, 3.8) is 0 Å². The van der Waals surface area contributed by atoms with Gasteiger partial charge in [-0.2, -0.15) is 0 Å². The summed E-state index contributed by atoms with van der Waals surface area (Å²) in [6.07, 6.45) is 0.987. The van der Waals surface area contributed by atoms with Gasteiger partial charge in [0.05, 0.1) is 6.10 Å². The van der Waals surface area contributed by atoms with Crippen LogP contribution in [0, 0.1) is 11.6 Å². The molecule has 0 aliphatic rings. The van der Waals surface area contributed by atoms with Crippen molar-refractivity contribution < 1.29 is 13.5 Å². The average Bonchev–Trinajstić information content (AvgIpc) is 2.71. The van der Waals surface area contributed by atoms with Crippen LogP contribution >= 0.6 is 0 Å². The molecule has 29 heavy (non-hydrogen) atoms. The molecule has 4 heteroatoms. The molecular formula is C25H27F2NO. The highest BCUT2D eigenvalue weighted by Gasteiger charge is 2.14. The van der Waals surface area contributed by atoms with Crippen LogP contribution in [-0.2, 0) is 6.54 Å².